The highest BCUT2D eigenvalue weighted by Gasteiger charge is 2.32. The minimum atomic E-state index is -4.26. The van der Waals surface area contributed by atoms with E-state index in [1.165, 1.54) is 48.4 Å². The van der Waals surface area contributed by atoms with Gasteiger partial charge in [0.25, 0.3) is 10.0 Å². The lowest BCUT2D eigenvalue weighted by Crippen LogP contribution is -2.51. The maximum absolute atomic E-state index is 13.7. The molecule has 0 heterocycles. The molecule has 0 aliphatic rings. The number of hydrogen-bond donors (Lipinski definition) is 1. The van der Waals surface area contributed by atoms with Crippen LogP contribution in [0.4, 0.5) is 10.1 Å². The highest BCUT2D eigenvalue weighted by molar-refractivity contribution is 9.10. The van der Waals surface area contributed by atoms with Gasteiger partial charge in [0.1, 0.15) is 24.2 Å². The van der Waals surface area contributed by atoms with Gasteiger partial charge in [-0.3, -0.25) is 13.9 Å². The van der Waals surface area contributed by atoms with E-state index >= 15 is 0 Å². The van der Waals surface area contributed by atoms with Crippen LogP contribution >= 0.6 is 15.9 Å². The molecule has 0 aliphatic heterocycles. The van der Waals surface area contributed by atoms with E-state index in [9.17, 15) is 22.4 Å². The summed E-state index contributed by atoms with van der Waals surface area (Å²) in [5, 5.41) is 2.71. The number of hydrogen-bond acceptors (Lipinski definition) is 5. The van der Waals surface area contributed by atoms with Gasteiger partial charge in [0.2, 0.25) is 11.8 Å². The van der Waals surface area contributed by atoms with Crippen LogP contribution in [0.5, 0.6) is 5.75 Å². The summed E-state index contributed by atoms with van der Waals surface area (Å²) in [5.74, 6) is -1.07. The lowest BCUT2D eigenvalue weighted by molar-refractivity contribution is -0.139. The van der Waals surface area contributed by atoms with Crippen molar-refractivity contribution < 1.29 is 27.1 Å². The minimum absolute atomic E-state index is 0.0659. The SMILES string of the molecule is CCNC(=O)C(C)N(Cc1cccc(Br)c1)C(=O)CN(c1ccc(F)cc1)S(=O)(=O)c1ccc(OC)cc1. The van der Waals surface area contributed by atoms with Crippen LogP contribution in [0.2, 0.25) is 0 Å². The summed E-state index contributed by atoms with van der Waals surface area (Å²) in [7, 11) is -2.80. The van der Waals surface area contributed by atoms with Crippen LogP contribution in [0.1, 0.15) is 19.4 Å². The molecule has 0 fully saturated rings. The topological polar surface area (TPSA) is 96.0 Å². The van der Waals surface area contributed by atoms with Crippen molar-refractivity contribution in [2.45, 2.75) is 31.3 Å². The summed E-state index contributed by atoms with van der Waals surface area (Å²) in [5.41, 5.74) is 0.846. The summed E-state index contributed by atoms with van der Waals surface area (Å²) >= 11 is 3.41. The van der Waals surface area contributed by atoms with Crippen LogP contribution in [0, 0.1) is 5.82 Å². The average molecular weight is 607 g/mol. The van der Waals surface area contributed by atoms with Gasteiger partial charge in [-0.15, -0.1) is 0 Å². The average Bonchev–Trinajstić information content (AvgIpc) is 2.90. The quantitative estimate of drug-likeness (QED) is 0.351. The van der Waals surface area contributed by atoms with Crippen molar-refractivity contribution in [3.05, 3.63) is 88.6 Å². The fourth-order valence-electron chi connectivity index (χ4n) is 3.75. The van der Waals surface area contributed by atoms with Gasteiger partial charge in [-0.2, -0.15) is 0 Å². The number of amides is 2. The lowest BCUT2D eigenvalue weighted by Gasteiger charge is -2.32. The normalized spacial score (nSPS) is 11.9. The Hall–Kier alpha value is -3.44. The number of nitrogens with zero attached hydrogens (tertiary/aromatic N) is 2. The number of rotatable bonds is 11. The van der Waals surface area contributed by atoms with Crippen LogP contribution < -0.4 is 14.4 Å². The van der Waals surface area contributed by atoms with Crippen molar-refractivity contribution in [2.75, 3.05) is 24.5 Å². The molecule has 2 amide bonds. The number of likely N-dealkylation sites (N-methyl/N-ethyl adjacent to an activating group) is 1. The first kappa shape index (κ1) is 29.1. The largest absolute Gasteiger partial charge is 0.497 e. The molecular weight excluding hydrogens is 577 g/mol. The lowest BCUT2D eigenvalue weighted by atomic mass is 10.1. The van der Waals surface area contributed by atoms with Gasteiger partial charge in [0, 0.05) is 17.6 Å². The summed E-state index contributed by atoms with van der Waals surface area (Å²) < 4.78 is 47.9. The molecule has 0 aromatic heterocycles. The molecule has 0 saturated heterocycles. The van der Waals surface area contributed by atoms with Gasteiger partial charge in [0.05, 0.1) is 17.7 Å². The number of carbonyl (C=O) groups is 2. The van der Waals surface area contributed by atoms with Crippen molar-refractivity contribution in [3.8, 4) is 5.75 Å². The highest BCUT2D eigenvalue weighted by Crippen LogP contribution is 2.26. The number of nitrogens with one attached hydrogen (secondary N) is 1. The van der Waals surface area contributed by atoms with Crippen LogP contribution in [0.3, 0.4) is 0 Å². The van der Waals surface area contributed by atoms with Gasteiger partial charge < -0.3 is 15.0 Å². The summed E-state index contributed by atoms with van der Waals surface area (Å²) in [6.45, 7) is 3.17. The van der Waals surface area contributed by atoms with Gasteiger partial charge in [-0.05, 0) is 80.1 Å². The molecule has 38 heavy (non-hydrogen) atoms. The van der Waals surface area contributed by atoms with E-state index in [1.807, 2.05) is 12.1 Å². The van der Waals surface area contributed by atoms with Crippen molar-refractivity contribution in [1.29, 1.82) is 0 Å². The number of halogens is 2. The van der Waals surface area contributed by atoms with Gasteiger partial charge in [-0.25, -0.2) is 12.8 Å². The predicted octanol–water partition coefficient (Wildman–Crippen LogP) is 4.35. The molecule has 11 heteroatoms. The summed E-state index contributed by atoms with van der Waals surface area (Å²) in [6, 6.07) is 16.9. The van der Waals surface area contributed by atoms with Crippen molar-refractivity contribution >= 4 is 43.5 Å². The monoisotopic (exact) mass is 605 g/mol. The fraction of sp³-hybridized carbons (Fsp3) is 0.259. The van der Waals surface area contributed by atoms with E-state index in [0.717, 1.165) is 26.5 Å². The summed E-state index contributed by atoms with van der Waals surface area (Å²) in [6.07, 6.45) is 0. The Kier molecular flexibility index (Phi) is 9.87. The zero-order valence-electron chi connectivity index (χ0n) is 21.2. The first-order chi connectivity index (χ1) is 18.1. The number of anilines is 1. The highest BCUT2D eigenvalue weighted by atomic mass is 79.9. The standard InChI is InChI=1S/C27H29BrFN3O5S/c1-4-30-27(34)19(2)31(17-20-6-5-7-21(28)16-20)26(33)18-32(23-10-8-22(29)9-11-23)38(35,36)25-14-12-24(37-3)13-15-25/h5-16,19H,4,17-18H2,1-3H3,(H,30,34). The van der Waals surface area contributed by atoms with E-state index < -0.39 is 34.3 Å². The molecule has 0 spiro atoms. The minimum Gasteiger partial charge on any atom is -0.497 e. The van der Waals surface area contributed by atoms with Crippen molar-refractivity contribution in [1.82, 2.24) is 10.2 Å². The Labute approximate surface area is 230 Å². The second-order valence-corrected chi connectivity index (χ2v) is 11.2. The molecule has 202 valence electrons. The Morgan fingerprint density at radius 1 is 1.05 bits per heavy atom. The summed E-state index contributed by atoms with van der Waals surface area (Å²) in [4.78, 5) is 27.7. The molecule has 1 N–H and O–H groups in total. The molecule has 0 aliphatic carbocycles. The van der Waals surface area contributed by atoms with Crippen LogP contribution in [-0.4, -0.2) is 51.4 Å². The fourth-order valence-corrected chi connectivity index (χ4v) is 5.61. The Morgan fingerprint density at radius 3 is 2.29 bits per heavy atom. The smallest absolute Gasteiger partial charge is 0.264 e. The second kappa shape index (κ2) is 12.9. The first-order valence-electron chi connectivity index (χ1n) is 11.8. The molecular formula is C27H29BrFN3O5S. The van der Waals surface area contributed by atoms with Crippen molar-refractivity contribution in [2.24, 2.45) is 0 Å². The molecule has 1 unspecified atom stereocenters. The molecule has 0 bridgehead atoms. The first-order valence-corrected chi connectivity index (χ1v) is 14.0. The van der Waals surface area contributed by atoms with E-state index in [0.29, 0.717) is 12.3 Å². The third-order valence-electron chi connectivity index (χ3n) is 5.80. The van der Waals surface area contributed by atoms with E-state index in [4.69, 9.17) is 4.74 Å². The third-order valence-corrected chi connectivity index (χ3v) is 8.08. The number of sulfonamides is 1. The van der Waals surface area contributed by atoms with Crippen molar-refractivity contribution in [3.63, 3.8) is 0 Å². The van der Waals surface area contributed by atoms with Gasteiger partial charge >= 0.3 is 0 Å². The number of methoxy groups -OCH3 is 1. The molecule has 1 atom stereocenters. The van der Waals surface area contributed by atoms with E-state index in [2.05, 4.69) is 21.2 Å². The molecule has 3 rings (SSSR count). The van der Waals surface area contributed by atoms with Crippen LogP contribution in [0.25, 0.3) is 0 Å². The Balaban J connectivity index is 2.02. The molecule has 0 radical (unpaired) electrons. The predicted molar refractivity (Wildman–Crippen MR) is 147 cm³/mol. The maximum atomic E-state index is 13.7. The number of ether oxygens (including phenoxy) is 1. The Morgan fingerprint density at radius 2 is 1.71 bits per heavy atom. The molecule has 3 aromatic rings. The second-order valence-electron chi connectivity index (χ2n) is 8.39. The van der Waals surface area contributed by atoms with E-state index in [-0.39, 0.29) is 23.0 Å². The molecule has 8 nitrogen and oxygen atoms in total. The zero-order valence-corrected chi connectivity index (χ0v) is 23.6. The number of benzene rings is 3. The molecule has 3 aromatic carbocycles. The van der Waals surface area contributed by atoms with Crippen LogP contribution in [0.15, 0.2) is 82.2 Å². The van der Waals surface area contributed by atoms with Gasteiger partial charge in [-0.1, -0.05) is 28.1 Å². The number of carbonyl (C=O) groups excluding carboxylic acids is 2. The third kappa shape index (κ3) is 7.11. The molecule has 0 saturated carbocycles. The van der Waals surface area contributed by atoms with Gasteiger partial charge in [0.15, 0.2) is 0 Å². The maximum Gasteiger partial charge on any atom is 0.264 e. The van der Waals surface area contributed by atoms with Crippen LogP contribution in [-0.2, 0) is 26.2 Å². The zero-order chi connectivity index (χ0) is 27.9. The van der Waals surface area contributed by atoms with E-state index in [1.54, 1.807) is 26.0 Å². The Bertz CT molecular complexity index is 1370.